The van der Waals surface area contributed by atoms with Gasteiger partial charge in [-0.15, -0.1) is 0 Å². The van der Waals surface area contributed by atoms with Gasteiger partial charge in [-0.25, -0.2) is 0 Å². The van der Waals surface area contributed by atoms with Crippen LogP contribution in [0.5, 0.6) is 28.7 Å². The number of aromatic hydroxyl groups is 2. The second-order valence-corrected chi connectivity index (χ2v) is 11.1. The number of aryl methyl sites for hydroxylation is 1. The van der Waals surface area contributed by atoms with Crippen molar-refractivity contribution in [2.24, 2.45) is 5.92 Å². The van der Waals surface area contributed by atoms with Crippen LogP contribution in [-0.2, 0) is 11.2 Å². The summed E-state index contributed by atoms with van der Waals surface area (Å²) in [6.07, 6.45) is 5.01. The van der Waals surface area contributed by atoms with Crippen molar-refractivity contribution in [1.29, 1.82) is 0 Å². The van der Waals surface area contributed by atoms with Gasteiger partial charge in [-0.1, -0.05) is 25.8 Å². The first-order chi connectivity index (χ1) is 19.3. The van der Waals surface area contributed by atoms with Crippen molar-refractivity contribution in [2.75, 3.05) is 34.0 Å². The monoisotopic (exact) mass is 559 g/mol. The van der Waals surface area contributed by atoms with E-state index >= 15 is 0 Å². The molecule has 2 aromatic rings. The van der Waals surface area contributed by atoms with Crippen LogP contribution in [0.15, 0.2) is 30.3 Å². The molecule has 0 bridgehead atoms. The number of benzene rings is 2. The van der Waals surface area contributed by atoms with Crippen LogP contribution in [0.4, 0.5) is 0 Å². The first-order valence-corrected chi connectivity index (χ1v) is 14.4. The fraction of sp³-hybridized carbons (Fsp3) is 0.613. The summed E-state index contributed by atoms with van der Waals surface area (Å²) in [6.45, 7) is 3.27. The molecule has 5 N–H and O–H groups in total. The van der Waals surface area contributed by atoms with E-state index in [1.807, 2.05) is 6.07 Å². The molecule has 0 spiro atoms. The van der Waals surface area contributed by atoms with Crippen molar-refractivity contribution in [3.63, 3.8) is 0 Å². The maximum atomic E-state index is 11.1. The minimum Gasteiger partial charge on any atom is -0.504 e. The zero-order valence-electron chi connectivity index (χ0n) is 23.9. The smallest absolute Gasteiger partial charge is 0.200 e. The van der Waals surface area contributed by atoms with Crippen LogP contribution in [0.3, 0.4) is 0 Å². The summed E-state index contributed by atoms with van der Waals surface area (Å²) >= 11 is 0. The van der Waals surface area contributed by atoms with Crippen LogP contribution in [0, 0.1) is 5.92 Å². The number of phenolic OH excluding ortho intramolecular Hbond substituents is 2. The van der Waals surface area contributed by atoms with E-state index in [9.17, 15) is 20.4 Å². The van der Waals surface area contributed by atoms with Crippen molar-refractivity contribution in [1.82, 2.24) is 5.32 Å². The third-order valence-electron chi connectivity index (χ3n) is 8.42. The summed E-state index contributed by atoms with van der Waals surface area (Å²) < 4.78 is 23.6. The third kappa shape index (κ3) is 6.94. The summed E-state index contributed by atoms with van der Waals surface area (Å²) in [5, 5.41) is 45.3. The van der Waals surface area contributed by atoms with E-state index in [1.165, 1.54) is 14.2 Å². The summed E-state index contributed by atoms with van der Waals surface area (Å²) in [4.78, 5) is 0. The molecule has 2 aromatic carbocycles. The van der Waals surface area contributed by atoms with Crippen molar-refractivity contribution in [2.45, 2.75) is 82.1 Å². The van der Waals surface area contributed by atoms with Gasteiger partial charge in [0, 0.05) is 12.5 Å². The van der Waals surface area contributed by atoms with E-state index in [0.29, 0.717) is 43.8 Å². The average Bonchev–Trinajstić information content (AvgIpc) is 3.42. The molecule has 0 aromatic heterocycles. The molecular weight excluding hydrogens is 514 g/mol. The van der Waals surface area contributed by atoms with Gasteiger partial charge in [0.2, 0.25) is 5.75 Å². The fourth-order valence-corrected chi connectivity index (χ4v) is 6.27. The normalized spacial score (nSPS) is 24.1. The fourth-order valence-electron chi connectivity index (χ4n) is 6.27. The second kappa shape index (κ2) is 13.8. The number of methoxy groups -OCH3 is 2. The molecule has 4 unspecified atom stereocenters. The largest absolute Gasteiger partial charge is 0.504 e. The molecule has 1 saturated heterocycles. The molecule has 1 heterocycles. The molecule has 2 aliphatic rings. The van der Waals surface area contributed by atoms with Crippen LogP contribution in [0.2, 0.25) is 0 Å². The molecule has 222 valence electrons. The van der Waals surface area contributed by atoms with Crippen LogP contribution >= 0.6 is 0 Å². The van der Waals surface area contributed by atoms with Gasteiger partial charge in [0.1, 0.15) is 6.61 Å². The van der Waals surface area contributed by atoms with E-state index in [4.69, 9.17) is 18.9 Å². The highest BCUT2D eigenvalue weighted by Gasteiger charge is 2.39. The Bertz CT molecular complexity index is 1100. The highest BCUT2D eigenvalue weighted by atomic mass is 16.5. The lowest BCUT2D eigenvalue weighted by molar-refractivity contribution is -0.144. The molecule has 4 atom stereocenters. The molecule has 40 heavy (non-hydrogen) atoms. The number of aliphatic hydroxyl groups excluding tert-OH is 2. The number of phenols is 2. The van der Waals surface area contributed by atoms with E-state index < -0.39 is 12.2 Å². The summed E-state index contributed by atoms with van der Waals surface area (Å²) in [7, 11) is 3.01. The number of hydrogen-bond acceptors (Lipinski definition) is 9. The SMILES string of the molecule is CCNC1(COc2cc(C3OC(CCc4ccc(O)c(OC)c4)CC(O)C3CCO)cc(OC)c2O)CCCC1. The van der Waals surface area contributed by atoms with E-state index in [0.717, 1.165) is 43.4 Å². The number of hydrogen-bond donors (Lipinski definition) is 5. The summed E-state index contributed by atoms with van der Waals surface area (Å²) in [5.41, 5.74) is 1.59. The summed E-state index contributed by atoms with van der Waals surface area (Å²) in [5.74, 6) is 0.698. The Morgan fingerprint density at radius 2 is 1.73 bits per heavy atom. The van der Waals surface area contributed by atoms with Crippen molar-refractivity contribution < 1.29 is 39.4 Å². The van der Waals surface area contributed by atoms with Crippen LogP contribution in [0.25, 0.3) is 0 Å². The molecule has 0 amide bonds. The topological polar surface area (TPSA) is 130 Å². The van der Waals surface area contributed by atoms with E-state index in [2.05, 4.69) is 12.2 Å². The highest BCUT2D eigenvalue weighted by molar-refractivity contribution is 5.53. The minimum atomic E-state index is -0.676. The van der Waals surface area contributed by atoms with Crippen LogP contribution in [-0.4, -0.2) is 72.2 Å². The molecule has 1 aliphatic heterocycles. The second-order valence-electron chi connectivity index (χ2n) is 11.1. The Labute approximate surface area is 237 Å². The van der Waals surface area contributed by atoms with Gasteiger partial charge < -0.3 is 44.7 Å². The van der Waals surface area contributed by atoms with E-state index in [1.54, 1.807) is 24.3 Å². The molecule has 1 saturated carbocycles. The number of ether oxygens (including phenoxy) is 4. The Balaban J connectivity index is 1.56. The maximum Gasteiger partial charge on any atom is 0.200 e. The lowest BCUT2D eigenvalue weighted by Gasteiger charge is -2.40. The predicted octanol–water partition coefficient (Wildman–Crippen LogP) is 4.24. The van der Waals surface area contributed by atoms with E-state index in [-0.39, 0.29) is 41.4 Å². The molecule has 4 rings (SSSR count). The van der Waals surface area contributed by atoms with Gasteiger partial charge in [0.05, 0.1) is 38.1 Å². The third-order valence-corrected chi connectivity index (χ3v) is 8.42. The number of nitrogens with one attached hydrogen (secondary N) is 1. The average molecular weight is 560 g/mol. The quantitative estimate of drug-likeness (QED) is 0.245. The van der Waals surface area contributed by atoms with Crippen LogP contribution < -0.4 is 19.5 Å². The Morgan fingerprint density at radius 1 is 1.00 bits per heavy atom. The maximum absolute atomic E-state index is 11.1. The first-order valence-electron chi connectivity index (χ1n) is 14.4. The zero-order valence-corrected chi connectivity index (χ0v) is 23.9. The summed E-state index contributed by atoms with van der Waals surface area (Å²) in [6, 6.07) is 8.77. The first kappa shape index (κ1) is 30.2. The Kier molecular flexibility index (Phi) is 10.4. The molecule has 2 fully saturated rings. The molecule has 9 nitrogen and oxygen atoms in total. The molecule has 1 aliphatic carbocycles. The standard InChI is InChI=1S/C31H45NO8/c1-4-32-31(12-5-6-13-31)19-39-28-17-21(16-27(38-3)29(28)36)30-23(11-14-33)25(35)18-22(40-30)9-7-20-8-10-24(34)26(15-20)37-2/h8,10,15-17,22-23,25,30,32-36H,4-7,9,11-14,18-19H2,1-3H3. The van der Waals surface area contributed by atoms with Crippen LogP contribution in [0.1, 0.15) is 69.1 Å². The minimum absolute atomic E-state index is 0.0659. The molecule has 0 radical (unpaired) electrons. The Morgan fingerprint density at radius 3 is 2.40 bits per heavy atom. The molecule has 9 heteroatoms. The van der Waals surface area contributed by atoms with Gasteiger partial charge in [0.15, 0.2) is 23.0 Å². The highest BCUT2D eigenvalue weighted by Crippen LogP contribution is 2.46. The zero-order chi connectivity index (χ0) is 28.7. The van der Waals surface area contributed by atoms with Gasteiger partial charge in [0.25, 0.3) is 0 Å². The van der Waals surface area contributed by atoms with Gasteiger partial charge in [-0.3, -0.25) is 0 Å². The Hall–Kier alpha value is -2.72. The lowest BCUT2D eigenvalue weighted by Crippen LogP contribution is -2.47. The number of aliphatic hydroxyl groups is 2. The lowest BCUT2D eigenvalue weighted by atomic mass is 9.82. The van der Waals surface area contributed by atoms with Gasteiger partial charge in [-0.2, -0.15) is 0 Å². The van der Waals surface area contributed by atoms with Crippen molar-refractivity contribution >= 4 is 0 Å². The van der Waals surface area contributed by atoms with Crippen molar-refractivity contribution in [3.8, 4) is 28.7 Å². The van der Waals surface area contributed by atoms with Gasteiger partial charge >= 0.3 is 0 Å². The number of likely N-dealkylation sites (N-methyl/N-ethyl adjacent to an activating group) is 1. The predicted molar refractivity (Wildman–Crippen MR) is 151 cm³/mol. The van der Waals surface area contributed by atoms with Crippen molar-refractivity contribution in [3.05, 3.63) is 41.5 Å². The van der Waals surface area contributed by atoms with Gasteiger partial charge in [-0.05, 0) is 80.5 Å². The number of rotatable bonds is 13. The molecular formula is C31H45NO8.